The second kappa shape index (κ2) is 8.84. The van der Waals surface area contributed by atoms with Crippen LogP contribution in [0.25, 0.3) is 27.8 Å². The van der Waals surface area contributed by atoms with Crippen molar-refractivity contribution in [2.45, 2.75) is 57.0 Å². The first kappa shape index (κ1) is 24.2. The number of aromatic nitrogens is 4. The van der Waals surface area contributed by atoms with Gasteiger partial charge in [-0.1, -0.05) is 6.58 Å². The van der Waals surface area contributed by atoms with Gasteiger partial charge in [-0.05, 0) is 38.5 Å². The average Bonchev–Trinajstić information content (AvgIpc) is 3.22. The van der Waals surface area contributed by atoms with Gasteiger partial charge in [0.1, 0.15) is 17.1 Å². The summed E-state index contributed by atoms with van der Waals surface area (Å²) in [5.74, 6) is -0.414. The van der Waals surface area contributed by atoms with Gasteiger partial charge in [-0.2, -0.15) is 0 Å². The summed E-state index contributed by atoms with van der Waals surface area (Å²) in [7, 11) is 1.68. The normalized spacial score (nSPS) is 23.1. The van der Waals surface area contributed by atoms with E-state index in [4.69, 9.17) is 10.5 Å². The summed E-state index contributed by atoms with van der Waals surface area (Å²) >= 11 is 0. The summed E-state index contributed by atoms with van der Waals surface area (Å²) < 4.78 is 38.4. The molecule has 4 atom stereocenters. The Morgan fingerprint density at radius 3 is 2.74 bits per heavy atom. The molecule has 7 rings (SSSR count). The summed E-state index contributed by atoms with van der Waals surface area (Å²) in [6.45, 7) is 6.95. The first-order valence-electron chi connectivity index (χ1n) is 13.5. The number of ether oxygens (including phenoxy) is 1. The molecule has 0 spiro atoms. The van der Waals surface area contributed by atoms with Crippen LogP contribution in [0.15, 0.2) is 31.2 Å². The van der Waals surface area contributed by atoms with Crippen molar-refractivity contribution in [3.63, 3.8) is 0 Å². The molecule has 2 aliphatic carbocycles. The van der Waals surface area contributed by atoms with Crippen LogP contribution < -0.4 is 21.1 Å². The minimum absolute atomic E-state index is 0.153. The van der Waals surface area contributed by atoms with E-state index in [1.165, 1.54) is 0 Å². The Labute approximate surface area is 224 Å². The lowest BCUT2D eigenvalue weighted by Gasteiger charge is -2.33. The second-order valence-corrected chi connectivity index (χ2v) is 11.0. The van der Waals surface area contributed by atoms with E-state index in [2.05, 4.69) is 41.6 Å². The van der Waals surface area contributed by atoms with Crippen molar-refractivity contribution in [1.82, 2.24) is 24.4 Å². The van der Waals surface area contributed by atoms with Gasteiger partial charge < -0.3 is 35.6 Å². The number of anilines is 2. The standard InChI is InChI=1S/C28H32F2N8O/c1-13(37-11-15-6-17(37)7-20(15)31)23-24-25(30)19(29)9-21(32-3)26(24)36-27(23)35-14(2)39-18-8-22-28(33-10-18)38(12-34-22)16-4-5-16/h8-10,12,14-17,20,32,35-36H,1,4-7,11,31H2,2-3H3. The van der Waals surface area contributed by atoms with Crippen LogP contribution in [-0.4, -0.2) is 56.3 Å². The largest absolute Gasteiger partial charge is 0.469 e. The van der Waals surface area contributed by atoms with E-state index in [9.17, 15) is 4.39 Å². The number of nitrogens with two attached hydrogens (primary N) is 1. The molecule has 1 aromatic carbocycles. The summed E-state index contributed by atoms with van der Waals surface area (Å²) in [4.78, 5) is 14.5. The van der Waals surface area contributed by atoms with Gasteiger partial charge in [0, 0.05) is 49.5 Å². The molecule has 4 aromatic rings. The first-order valence-corrected chi connectivity index (χ1v) is 13.5. The zero-order chi connectivity index (χ0) is 27.0. The number of halogens is 2. The quantitative estimate of drug-likeness (QED) is 0.241. The Kier molecular flexibility index (Phi) is 5.48. The molecule has 2 bridgehead atoms. The van der Waals surface area contributed by atoms with E-state index in [1.807, 2.05) is 19.3 Å². The third-order valence-corrected chi connectivity index (χ3v) is 8.46. The lowest BCUT2D eigenvalue weighted by atomic mass is 10.0. The number of benzene rings is 1. The smallest absolute Gasteiger partial charge is 0.169 e. The number of rotatable bonds is 8. The predicted molar refractivity (Wildman–Crippen MR) is 148 cm³/mol. The van der Waals surface area contributed by atoms with Crippen LogP contribution in [0.4, 0.5) is 20.3 Å². The monoisotopic (exact) mass is 534 g/mol. The zero-order valence-corrected chi connectivity index (χ0v) is 22.0. The number of hydrogen-bond acceptors (Lipinski definition) is 7. The number of nitrogens with zero attached hydrogens (tertiary/aromatic N) is 4. The van der Waals surface area contributed by atoms with E-state index in [-0.39, 0.29) is 17.5 Å². The lowest BCUT2D eigenvalue weighted by Crippen LogP contribution is -2.40. The van der Waals surface area contributed by atoms with E-state index < -0.39 is 17.9 Å². The van der Waals surface area contributed by atoms with Crippen molar-refractivity contribution >= 4 is 39.3 Å². The fourth-order valence-electron chi connectivity index (χ4n) is 6.39. The molecule has 1 aliphatic heterocycles. The van der Waals surface area contributed by atoms with Crippen LogP contribution in [0.1, 0.15) is 44.2 Å². The van der Waals surface area contributed by atoms with Crippen molar-refractivity contribution in [2.75, 3.05) is 24.2 Å². The Morgan fingerprint density at radius 2 is 2.05 bits per heavy atom. The molecular formula is C28H32F2N8O. The number of H-pyrrole nitrogens is 1. The fourth-order valence-corrected chi connectivity index (χ4v) is 6.39. The van der Waals surface area contributed by atoms with Gasteiger partial charge in [0.15, 0.2) is 23.5 Å². The third kappa shape index (κ3) is 3.90. The molecule has 9 nitrogen and oxygen atoms in total. The number of fused-ring (bicyclic) bond motifs is 4. The molecule has 2 saturated carbocycles. The highest BCUT2D eigenvalue weighted by atomic mass is 19.2. The lowest BCUT2D eigenvalue weighted by molar-refractivity contribution is 0.249. The highest BCUT2D eigenvalue weighted by molar-refractivity contribution is 6.03. The number of likely N-dealkylation sites (tertiary alicyclic amines) is 1. The Morgan fingerprint density at radius 1 is 1.23 bits per heavy atom. The predicted octanol–water partition coefficient (Wildman–Crippen LogP) is 4.80. The van der Waals surface area contributed by atoms with Gasteiger partial charge in [0.25, 0.3) is 0 Å². The van der Waals surface area contributed by atoms with Gasteiger partial charge in [0.05, 0.1) is 34.7 Å². The third-order valence-electron chi connectivity index (χ3n) is 8.46. The molecule has 11 heteroatoms. The van der Waals surface area contributed by atoms with Gasteiger partial charge in [0.2, 0.25) is 0 Å². The van der Waals surface area contributed by atoms with E-state index >= 15 is 4.39 Å². The maximum atomic E-state index is 15.4. The minimum Gasteiger partial charge on any atom is -0.469 e. The first-order chi connectivity index (χ1) is 18.8. The zero-order valence-electron chi connectivity index (χ0n) is 22.0. The molecular weight excluding hydrogens is 502 g/mol. The van der Waals surface area contributed by atoms with Crippen LogP contribution in [0.5, 0.6) is 5.75 Å². The van der Waals surface area contributed by atoms with Crippen LogP contribution in [0, 0.1) is 17.6 Å². The molecule has 3 aromatic heterocycles. The van der Waals surface area contributed by atoms with Crippen LogP contribution in [-0.2, 0) is 0 Å². The molecule has 3 fully saturated rings. The van der Waals surface area contributed by atoms with Gasteiger partial charge >= 0.3 is 0 Å². The number of hydrogen-bond donors (Lipinski definition) is 4. The molecule has 0 amide bonds. The highest BCUT2D eigenvalue weighted by Gasteiger charge is 2.44. The van der Waals surface area contributed by atoms with Crippen molar-refractivity contribution in [2.24, 2.45) is 11.7 Å². The molecule has 3 aliphatic rings. The van der Waals surface area contributed by atoms with Crippen molar-refractivity contribution in [1.29, 1.82) is 0 Å². The van der Waals surface area contributed by atoms with Crippen molar-refractivity contribution in [3.05, 3.63) is 48.4 Å². The molecule has 5 N–H and O–H groups in total. The van der Waals surface area contributed by atoms with E-state index in [1.54, 1.807) is 13.2 Å². The topological polar surface area (TPSA) is 109 Å². The summed E-state index contributed by atoms with van der Waals surface area (Å²) in [6, 6.07) is 3.90. The van der Waals surface area contributed by atoms with Gasteiger partial charge in [-0.15, -0.1) is 0 Å². The number of nitrogens with one attached hydrogen (secondary N) is 3. The molecule has 39 heavy (non-hydrogen) atoms. The molecule has 1 saturated heterocycles. The van der Waals surface area contributed by atoms with E-state index in [0.717, 1.165) is 49.5 Å². The molecule has 0 radical (unpaired) electrons. The Balaban J connectivity index is 1.22. The van der Waals surface area contributed by atoms with Crippen LogP contribution >= 0.6 is 0 Å². The summed E-state index contributed by atoms with van der Waals surface area (Å²) in [5, 5.41) is 6.45. The second-order valence-electron chi connectivity index (χ2n) is 11.0. The number of aromatic amines is 1. The van der Waals surface area contributed by atoms with Gasteiger partial charge in [-0.25, -0.2) is 18.7 Å². The maximum Gasteiger partial charge on any atom is 0.169 e. The fraction of sp³-hybridized carbons (Fsp3) is 0.429. The van der Waals surface area contributed by atoms with Crippen molar-refractivity contribution in [3.8, 4) is 5.75 Å². The number of pyridine rings is 1. The van der Waals surface area contributed by atoms with Crippen LogP contribution in [0.3, 0.4) is 0 Å². The molecule has 4 heterocycles. The van der Waals surface area contributed by atoms with Gasteiger partial charge in [-0.3, -0.25) is 0 Å². The summed E-state index contributed by atoms with van der Waals surface area (Å²) in [6.07, 6.45) is 7.11. The number of piperidine rings is 1. The Bertz CT molecular complexity index is 1610. The van der Waals surface area contributed by atoms with E-state index in [0.29, 0.717) is 46.0 Å². The summed E-state index contributed by atoms with van der Waals surface area (Å²) in [5.41, 5.74) is 9.92. The molecule has 204 valence electrons. The Hall–Kier alpha value is -3.86. The highest BCUT2D eigenvalue weighted by Crippen LogP contribution is 2.45. The maximum absolute atomic E-state index is 15.4. The van der Waals surface area contributed by atoms with Crippen molar-refractivity contribution < 1.29 is 13.5 Å². The van der Waals surface area contributed by atoms with Crippen LogP contribution in [0.2, 0.25) is 0 Å². The average molecular weight is 535 g/mol. The SMILES string of the molecule is C=C(c1c(NC(C)Oc2cnc3c(c2)ncn3C2CC2)[nH]c2c(NC)cc(F)c(F)c12)N1CC2CC1CC2N. The number of imidazole rings is 1. The molecule has 4 unspecified atom stereocenters. The minimum atomic E-state index is -0.925.